The van der Waals surface area contributed by atoms with Gasteiger partial charge in [-0.15, -0.1) is 0 Å². The molecule has 6 heteroatoms. The molecular formula is C15H17N3O2S. The van der Waals surface area contributed by atoms with E-state index in [1.165, 1.54) is 5.56 Å². The number of primary amides is 1. The van der Waals surface area contributed by atoms with Crippen LogP contribution >= 0.6 is 11.3 Å². The SMILES string of the molecule is NC(=O)NC(=O)CCN(Cc1ccsc1)c1ccccc1. The third-order valence-electron chi connectivity index (χ3n) is 2.95. The number of thiophene rings is 1. The van der Waals surface area contributed by atoms with Crippen LogP contribution in [0.15, 0.2) is 47.2 Å². The summed E-state index contributed by atoms with van der Waals surface area (Å²) in [5.74, 6) is -0.367. The Morgan fingerprint density at radius 3 is 2.57 bits per heavy atom. The molecule has 0 aliphatic heterocycles. The normalized spacial score (nSPS) is 10.1. The molecule has 0 saturated heterocycles. The highest BCUT2D eigenvalue weighted by Crippen LogP contribution is 2.18. The van der Waals surface area contributed by atoms with E-state index in [2.05, 4.69) is 21.7 Å². The molecule has 0 saturated carbocycles. The topological polar surface area (TPSA) is 75.4 Å². The Hall–Kier alpha value is -2.34. The van der Waals surface area contributed by atoms with Crippen LogP contribution in [0.5, 0.6) is 0 Å². The molecule has 3 N–H and O–H groups in total. The molecule has 0 unspecified atom stereocenters. The second-order valence-electron chi connectivity index (χ2n) is 4.55. The fraction of sp³-hybridized carbons (Fsp3) is 0.200. The van der Waals surface area contributed by atoms with Gasteiger partial charge in [-0.25, -0.2) is 4.79 Å². The molecule has 0 bridgehead atoms. The molecule has 0 spiro atoms. The summed E-state index contributed by atoms with van der Waals surface area (Å²) in [5, 5.41) is 6.19. The third kappa shape index (κ3) is 4.92. The molecule has 21 heavy (non-hydrogen) atoms. The quantitative estimate of drug-likeness (QED) is 0.860. The van der Waals surface area contributed by atoms with Crippen LogP contribution in [0.1, 0.15) is 12.0 Å². The fourth-order valence-corrected chi connectivity index (χ4v) is 2.64. The van der Waals surface area contributed by atoms with Gasteiger partial charge in [0.25, 0.3) is 0 Å². The van der Waals surface area contributed by atoms with Gasteiger partial charge in [-0.05, 0) is 34.5 Å². The first-order valence-electron chi connectivity index (χ1n) is 6.55. The summed E-state index contributed by atoms with van der Waals surface area (Å²) < 4.78 is 0. The second kappa shape index (κ2) is 7.44. The zero-order valence-electron chi connectivity index (χ0n) is 11.5. The highest BCUT2D eigenvalue weighted by molar-refractivity contribution is 7.07. The largest absolute Gasteiger partial charge is 0.367 e. The molecule has 0 aliphatic rings. The van der Waals surface area contributed by atoms with E-state index in [0.717, 1.165) is 12.2 Å². The number of carbonyl (C=O) groups is 2. The molecule has 110 valence electrons. The van der Waals surface area contributed by atoms with Crippen molar-refractivity contribution in [2.24, 2.45) is 5.73 Å². The Balaban J connectivity index is 2.02. The van der Waals surface area contributed by atoms with Gasteiger partial charge in [-0.3, -0.25) is 10.1 Å². The maximum absolute atomic E-state index is 11.6. The Bertz CT molecular complexity index is 584. The molecule has 2 rings (SSSR count). The van der Waals surface area contributed by atoms with Crippen molar-refractivity contribution in [2.75, 3.05) is 11.4 Å². The number of nitrogens with two attached hydrogens (primary N) is 1. The van der Waals surface area contributed by atoms with Crippen LogP contribution in [0.3, 0.4) is 0 Å². The summed E-state index contributed by atoms with van der Waals surface area (Å²) >= 11 is 1.64. The number of benzene rings is 1. The first kappa shape index (κ1) is 15.1. The van der Waals surface area contributed by atoms with Crippen molar-refractivity contribution in [3.05, 3.63) is 52.7 Å². The molecule has 5 nitrogen and oxygen atoms in total. The number of anilines is 1. The Morgan fingerprint density at radius 1 is 1.19 bits per heavy atom. The van der Waals surface area contributed by atoms with Crippen molar-refractivity contribution in [2.45, 2.75) is 13.0 Å². The summed E-state index contributed by atoms with van der Waals surface area (Å²) in [6, 6.07) is 11.1. The lowest BCUT2D eigenvalue weighted by Crippen LogP contribution is -2.37. The predicted molar refractivity (Wildman–Crippen MR) is 84.2 cm³/mol. The number of imide groups is 1. The van der Waals surface area contributed by atoms with Gasteiger partial charge in [0.15, 0.2) is 0 Å². The number of amides is 3. The number of hydrogen-bond donors (Lipinski definition) is 2. The average molecular weight is 303 g/mol. The number of nitrogens with one attached hydrogen (secondary N) is 1. The molecule has 3 amide bonds. The molecule has 0 radical (unpaired) electrons. The van der Waals surface area contributed by atoms with Crippen molar-refractivity contribution in [3.8, 4) is 0 Å². The van der Waals surface area contributed by atoms with Gasteiger partial charge in [0.1, 0.15) is 0 Å². The average Bonchev–Trinajstić information content (AvgIpc) is 2.96. The number of rotatable bonds is 6. The van der Waals surface area contributed by atoms with Crippen LogP contribution in [0.4, 0.5) is 10.5 Å². The minimum Gasteiger partial charge on any atom is -0.367 e. The van der Waals surface area contributed by atoms with Gasteiger partial charge in [-0.2, -0.15) is 11.3 Å². The molecule has 1 aromatic carbocycles. The lowest BCUT2D eigenvalue weighted by atomic mass is 10.2. The Morgan fingerprint density at radius 2 is 1.95 bits per heavy atom. The van der Waals surface area contributed by atoms with Gasteiger partial charge in [0.05, 0.1) is 0 Å². The predicted octanol–water partition coefficient (Wildman–Crippen LogP) is 2.34. The lowest BCUT2D eigenvalue weighted by Gasteiger charge is -2.24. The number of carbonyl (C=O) groups excluding carboxylic acids is 2. The van der Waals surface area contributed by atoms with E-state index in [1.807, 2.05) is 35.7 Å². The van der Waals surface area contributed by atoms with E-state index in [9.17, 15) is 9.59 Å². The number of hydrogen-bond acceptors (Lipinski definition) is 4. The van der Waals surface area contributed by atoms with E-state index in [-0.39, 0.29) is 12.3 Å². The van der Waals surface area contributed by atoms with Crippen LogP contribution in [0, 0.1) is 0 Å². The highest BCUT2D eigenvalue weighted by atomic mass is 32.1. The molecule has 1 heterocycles. The summed E-state index contributed by atoms with van der Waals surface area (Å²) in [4.78, 5) is 24.3. The Labute approximate surface area is 127 Å². The monoisotopic (exact) mass is 303 g/mol. The van der Waals surface area contributed by atoms with Crippen LogP contribution in [-0.2, 0) is 11.3 Å². The van der Waals surface area contributed by atoms with E-state index in [4.69, 9.17) is 5.73 Å². The van der Waals surface area contributed by atoms with Gasteiger partial charge >= 0.3 is 6.03 Å². The maximum Gasteiger partial charge on any atom is 0.318 e. The van der Waals surface area contributed by atoms with Crippen LogP contribution in [0.2, 0.25) is 0 Å². The Kier molecular flexibility index (Phi) is 5.34. The minimum absolute atomic E-state index is 0.210. The zero-order chi connectivity index (χ0) is 15.1. The fourth-order valence-electron chi connectivity index (χ4n) is 1.98. The van der Waals surface area contributed by atoms with E-state index >= 15 is 0 Å². The van der Waals surface area contributed by atoms with Gasteiger partial charge in [0.2, 0.25) is 5.91 Å². The minimum atomic E-state index is -0.816. The summed E-state index contributed by atoms with van der Waals surface area (Å²) in [6.45, 7) is 1.23. The van der Waals surface area contributed by atoms with Crippen molar-refractivity contribution >= 4 is 29.0 Å². The van der Waals surface area contributed by atoms with Crippen LogP contribution in [-0.4, -0.2) is 18.5 Å². The van der Waals surface area contributed by atoms with E-state index in [0.29, 0.717) is 6.54 Å². The van der Waals surface area contributed by atoms with Crippen LogP contribution in [0.25, 0.3) is 0 Å². The van der Waals surface area contributed by atoms with Gasteiger partial charge in [-0.1, -0.05) is 18.2 Å². The van der Waals surface area contributed by atoms with E-state index in [1.54, 1.807) is 11.3 Å². The number of para-hydroxylation sites is 1. The molecule has 0 aliphatic carbocycles. The summed E-state index contributed by atoms with van der Waals surface area (Å²) in [7, 11) is 0. The molecular weight excluding hydrogens is 286 g/mol. The highest BCUT2D eigenvalue weighted by Gasteiger charge is 2.11. The summed E-state index contributed by atoms with van der Waals surface area (Å²) in [5.41, 5.74) is 7.17. The zero-order valence-corrected chi connectivity index (χ0v) is 12.3. The van der Waals surface area contributed by atoms with E-state index < -0.39 is 6.03 Å². The first-order chi connectivity index (χ1) is 10.1. The van der Waals surface area contributed by atoms with Crippen LogP contribution < -0.4 is 16.0 Å². The standard InChI is InChI=1S/C15H17N3O2S/c16-15(20)17-14(19)6-8-18(10-12-7-9-21-11-12)13-4-2-1-3-5-13/h1-5,7,9,11H,6,8,10H2,(H3,16,17,19,20). The van der Waals surface area contributed by atoms with Crippen molar-refractivity contribution in [1.29, 1.82) is 0 Å². The molecule has 0 fully saturated rings. The van der Waals surface area contributed by atoms with Gasteiger partial charge < -0.3 is 10.6 Å². The van der Waals surface area contributed by atoms with Gasteiger partial charge in [0, 0.05) is 25.2 Å². The molecule has 0 atom stereocenters. The molecule has 2 aromatic rings. The smallest absolute Gasteiger partial charge is 0.318 e. The van der Waals surface area contributed by atoms with Crippen molar-refractivity contribution in [3.63, 3.8) is 0 Å². The maximum atomic E-state index is 11.6. The van der Waals surface area contributed by atoms with Crippen molar-refractivity contribution < 1.29 is 9.59 Å². The summed E-state index contributed by atoms with van der Waals surface area (Å²) in [6.07, 6.45) is 0.210. The van der Waals surface area contributed by atoms with Crippen molar-refractivity contribution in [1.82, 2.24) is 5.32 Å². The first-order valence-corrected chi connectivity index (χ1v) is 7.50. The number of nitrogens with zero attached hydrogens (tertiary/aromatic N) is 1. The third-order valence-corrected chi connectivity index (χ3v) is 3.68. The number of urea groups is 1. The second-order valence-corrected chi connectivity index (χ2v) is 5.33. The lowest BCUT2D eigenvalue weighted by molar-refractivity contribution is -0.119. The molecule has 1 aromatic heterocycles.